The molecule has 1 N–H and O–H groups in total. The zero-order valence-electron chi connectivity index (χ0n) is 15.3. The predicted molar refractivity (Wildman–Crippen MR) is 108 cm³/mol. The van der Waals surface area contributed by atoms with Crippen LogP contribution in [0.5, 0.6) is 0 Å². The van der Waals surface area contributed by atoms with Gasteiger partial charge in [0.15, 0.2) is 4.34 Å². The van der Waals surface area contributed by atoms with Crippen LogP contribution in [-0.4, -0.2) is 42.6 Å². The standard InChI is InChI=1S/C16H22N4O3S3/c1-10(2)24-16-19-18-15(25-16)17-14(21)9-20(26(5,22)23)13-8-11(3)6-7-12(13)4/h6-8,10H,9H2,1-5H3,(H,17,18,21). The van der Waals surface area contributed by atoms with Crippen molar-refractivity contribution in [1.82, 2.24) is 10.2 Å². The summed E-state index contributed by atoms with van der Waals surface area (Å²) in [5, 5.41) is 11.3. The van der Waals surface area contributed by atoms with Gasteiger partial charge >= 0.3 is 0 Å². The summed E-state index contributed by atoms with van der Waals surface area (Å²) < 4.78 is 26.3. The molecule has 0 bridgehead atoms. The van der Waals surface area contributed by atoms with Gasteiger partial charge in [-0.05, 0) is 31.0 Å². The van der Waals surface area contributed by atoms with E-state index in [2.05, 4.69) is 15.5 Å². The molecule has 0 fully saturated rings. The number of nitrogens with one attached hydrogen (secondary N) is 1. The van der Waals surface area contributed by atoms with Crippen LogP contribution in [0.2, 0.25) is 0 Å². The van der Waals surface area contributed by atoms with E-state index in [4.69, 9.17) is 0 Å². The van der Waals surface area contributed by atoms with E-state index in [1.807, 2.05) is 39.8 Å². The fraction of sp³-hybridized carbons (Fsp3) is 0.438. The van der Waals surface area contributed by atoms with Crippen LogP contribution in [0.4, 0.5) is 10.8 Å². The summed E-state index contributed by atoms with van der Waals surface area (Å²) in [6.45, 7) is 7.44. The van der Waals surface area contributed by atoms with Crippen LogP contribution >= 0.6 is 23.1 Å². The predicted octanol–water partition coefficient (Wildman–Crippen LogP) is 3.06. The molecule has 0 saturated carbocycles. The Balaban J connectivity index is 2.17. The zero-order valence-corrected chi connectivity index (χ0v) is 17.8. The molecular formula is C16H22N4O3S3. The van der Waals surface area contributed by atoms with Crippen molar-refractivity contribution in [3.8, 4) is 0 Å². The van der Waals surface area contributed by atoms with Crippen molar-refractivity contribution in [1.29, 1.82) is 0 Å². The molecule has 0 saturated heterocycles. The molecule has 26 heavy (non-hydrogen) atoms. The number of hydrogen-bond acceptors (Lipinski definition) is 7. The highest BCUT2D eigenvalue weighted by molar-refractivity contribution is 8.01. The van der Waals surface area contributed by atoms with Gasteiger partial charge in [0.2, 0.25) is 21.1 Å². The molecule has 1 aromatic carbocycles. The Morgan fingerprint density at radius 2 is 2.00 bits per heavy atom. The van der Waals surface area contributed by atoms with E-state index in [1.54, 1.807) is 17.8 Å². The van der Waals surface area contributed by atoms with Gasteiger partial charge in [-0.15, -0.1) is 10.2 Å². The first-order valence-corrected chi connectivity index (χ1v) is 11.5. The Morgan fingerprint density at radius 1 is 1.31 bits per heavy atom. The summed E-state index contributed by atoms with van der Waals surface area (Å²) >= 11 is 2.82. The number of carbonyl (C=O) groups excluding carboxylic acids is 1. The zero-order chi connectivity index (χ0) is 19.5. The van der Waals surface area contributed by atoms with Gasteiger partial charge in [-0.25, -0.2) is 8.42 Å². The third-order valence-electron chi connectivity index (χ3n) is 3.31. The van der Waals surface area contributed by atoms with Crippen molar-refractivity contribution in [2.45, 2.75) is 37.3 Å². The van der Waals surface area contributed by atoms with Crippen molar-refractivity contribution in [2.75, 3.05) is 22.4 Å². The molecule has 0 unspecified atom stereocenters. The number of rotatable bonds is 7. The molecule has 2 rings (SSSR count). The number of benzene rings is 1. The van der Waals surface area contributed by atoms with Crippen LogP contribution in [0.3, 0.4) is 0 Å². The number of anilines is 2. The number of carbonyl (C=O) groups is 1. The maximum atomic E-state index is 12.4. The quantitative estimate of drug-likeness (QED) is 0.553. The summed E-state index contributed by atoms with van der Waals surface area (Å²) in [5.74, 6) is -0.464. The summed E-state index contributed by atoms with van der Waals surface area (Å²) in [7, 11) is -3.62. The first-order chi connectivity index (χ1) is 12.1. The Morgan fingerprint density at radius 3 is 2.62 bits per heavy atom. The molecule has 0 atom stereocenters. The van der Waals surface area contributed by atoms with Gasteiger partial charge in [0.1, 0.15) is 6.54 Å². The summed E-state index contributed by atoms with van der Waals surface area (Å²) in [5.41, 5.74) is 2.19. The molecule has 1 amide bonds. The van der Waals surface area contributed by atoms with Crippen LogP contribution in [-0.2, 0) is 14.8 Å². The highest BCUT2D eigenvalue weighted by atomic mass is 32.2. The van der Waals surface area contributed by atoms with Gasteiger partial charge in [-0.3, -0.25) is 14.4 Å². The van der Waals surface area contributed by atoms with Crippen molar-refractivity contribution < 1.29 is 13.2 Å². The maximum Gasteiger partial charge on any atom is 0.246 e. The van der Waals surface area contributed by atoms with Gasteiger partial charge in [0.05, 0.1) is 11.9 Å². The highest BCUT2D eigenvalue weighted by Gasteiger charge is 2.23. The number of thioether (sulfide) groups is 1. The van der Waals surface area contributed by atoms with E-state index in [1.165, 1.54) is 11.3 Å². The second-order valence-electron chi connectivity index (χ2n) is 6.15. The molecule has 7 nitrogen and oxygen atoms in total. The van der Waals surface area contributed by atoms with Gasteiger partial charge in [-0.2, -0.15) is 0 Å². The number of aryl methyl sites for hydroxylation is 2. The first-order valence-electron chi connectivity index (χ1n) is 7.91. The van der Waals surface area contributed by atoms with Crippen molar-refractivity contribution in [2.24, 2.45) is 0 Å². The lowest BCUT2D eigenvalue weighted by Gasteiger charge is -2.23. The monoisotopic (exact) mass is 414 g/mol. The molecule has 0 aliphatic rings. The molecule has 10 heteroatoms. The lowest BCUT2D eigenvalue weighted by Crippen LogP contribution is -2.37. The van der Waals surface area contributed by atoms with E-state index in [-0.39, 0.29) is 6.54 Å². The Labute approximate surface area is 162 Å². The largest absolute Gasteiger partial charge is 0.299 e. The number of sulfonamides is 1. The van der Waals surface area contributed by atoms with Gasteiger partial charge < -0.3 is 0 Å². The third kappa shape index (κ3) is 5.68. The van der Waals surface area contributed by atoms with Crippen LogP contribution < -0.4 is 9.62 Å². The lowest BCUT2D eigenvalue weighted by atomic mass is 10.1. The maximum absolute atomic E-state index is 12.4. The Kier molecular flexibility index (Phi) is 6.64. The fourth-order valence-corrected chi connectivity index (χ4v) is 5.07. The molecule has 0 spiro atoms. The number of aromatic nitrogens is 2. The van der Waals surface area contributed by atoms with Crippen molar-refractivity contribution in [3.63, 3.8) is 0 Å². The normalized spacial score (nSPS) is 11.6. The average Bonchev–Trinajstić information content (AvgIpc) is 2.92. The lowest BCUT2D eigenvalue weighted by molar-refractivity contribution is -0.114. The van der Waals surface area contributed by atoms with Crippen LogP contribution in [0.15, 0.2) is 22.5 Å². The van der Waals surface area contributed by atoms with E-state index in [9.17, 15) is 13.2 Å². The number of hydrogen-bond donors (Lipinski definition) is 1. The molecule has 0 radical (unpaired) electrons. The van der Waals surface area contributed by atoms with Crippen LogP contribution in [0, 0.1) is 13.8 Å². The average molecular weight is 415 g/mol. The van der Waals surface area contributed by atoms with E-state index < -0.39 is 15.9 Å². The second-order valence-corrected chi connectivity index (χ2v) is 10.9. The van der Waals surface area contributed by atoms with Crippen LogP contribution in [0.1, 0.15) is 25.0 Å². The van der Waals surface area contributed by atoms with Gasteiger partial charge in [0, 0.05) is 5.25 Å². The van der Waals surface area contributed by atoms with Crippen molar-refractivity contribution >= 4 is 49.8 Å². The minimum Gasteiger partial charge on any atom is -0.299 e. The molecule has 1 heterocycles. The van der Waals surface area contributed by atoms with Gasteiger partial charge in [0.25, 0.3) is 0 Å². The minimum absolute atomic E-state index is 0.324. The summed E-state index contributed by atoms with van der Waals surface area (Å²) in [6.07, 6.45) is 1.09. The molecule has 1 aromatic heterocycles. The number of nitrogens with zero attached hydrogens (tertiary/aromatic N) is 3. The molecule has 2 aromatic rings. The summed E-state index contributed by atoms with van der Waals surface area (Å²) in [6, 6.07) is 5.49. The smallest absolute Gasteiger partial charge is 0.246 e. The second kappa shape index (κ2) is 8.36. The Bertz CT molecular complexity index is 894. The SMILES string of the molecule is Cc1ccc(C)c(N(CC(=O)Nc2nnc(SC(C)C)s2)S(C)(=O)=O)c1. The molecular weight excluding hydrogens is 392 g/mol. The molecule has 0 aliphatic heterocycles. The molecule has 0 aliphatic carbocycles. The third-order valence-corrected chi connectivity index (χ3v) is 6.36. The molecule has 142 valence electrons. The van der Waals surface area contributed by atoms with Gasteiger partial charge in [-0.1, -0.05) is 49.1 Å². The fourth-order valence-electron chi connectivity index (χ4n) is 2.17. The van der Waals surface area contributed by atoms with Crippen LogP contribution in [0.25, 0.3) is 0 Å². The van der Waals surface area contributed by atoms with Crippen molar-refractivity contribution in [3.05, 3.63) is 29.3 Å². The highest BCUT2D eigenvalue weighted by Crippen LogP contribution is 2.29. The van der Waals surface area contributed by atoms with E-state index >= 15 is 0 Å². The topological polar surface area (TPSA) is 92.3 Å². The summed E-state index contributed by atoms with van der Waals surface area (Å²) in [4.78, 5) is 12.4. The Hall–Kier alpha value is -1.65. The van der Waals surface area contributed by atoms with E-state index in [0.717, 1.165) is 26.0 Å². The number of amides is 1. The first kappa shape index (κ1) is 20.7. The van der Waals surface area contributed by atoms with E-state index in [0.29, 0.717) is 16.1 Å². The minimum atomic E-state index is -3.62.